The first kappa shape index (κ1) is 12.4. The molecular weight excluding hydrogens is 229 g/mol. The molecule has 94 valence electrons. The van der Waals surface area contributed by atoms with Crippen LogP contribution in [0.1, 0.15) is 37.3 Å². The highest BCUT2D eigenvalue weighted by Gasteiger charge is 2.24. The van der Waals surface area contributed by atoms with Crippen molar-refractivity contribution in [3.8, 4) is 0 Å². The molecule has 3 N–H and O–H groups in total. The van der Waals surface area contributed by atoms with Crippen LogP contribution in [0.15, 0.2) is 12.1 Å². The fourth-order valence-corrected chi connectivity index (χ4v) is 2.14. The summed E-state index contributed by atoms with van der Waals surface area (Å²) in [6.07, 6.45) is 4.14. The van der Waals surface area contributed by atoms with Crippen LogP contribution in [0.5, 0.6) is 0 Å². The highest BCUT2D eigenvalue weighted by Crippen LogP contribution is 2.34. The minimum atomic E-state index is -1.44. The van der Waals surface area contributed by atoms with E-state index in [-0.39, 0.29) is 6.04 Å². The number of hydrazine groups is 1. The molecule has 0 heterocycles. The van der Waals surface area contributed by atoms with E-state index in [4.69, 9.17) is 5.84 Å². The van der Waals surface area contributed by atoms with Gasteiger partial charge in [0.05, 0.1) is 0 Å². The van der Waals surface area contributed by atoms with E-state index >= 15 is 0 Å². The highest BCUT2D eigenvalue weighted by molar-refractivity contribution is 5.22. The topological polar surface area (TPSA) is 38.0 Å². The van der Waals surface area contributed by atoms with Gasteiger partial charge in [-0.25, -0.2) is 13.2 Å². The average molecular weight is 244 g/mol. The van der Waals surface area contributed by atoms with Crippen LogP contribution in [0.2, 0.25) is 0 Å². The van der Waals surface area contributed by atoms with Gasteiger partial charge in [-0.3, -0.25) is 11.3 Å². The van der Waals surface area contributed by atoms with Crippen LogP contribution in [0.25, 0.3) is 0 Å². The second kappa shape index (κ2) is 5.06. The van der Waals surface area contributed by atoms with Crippen molar-refractivity contribution in [2.45, 2.75) is 31.7 Å². The first-order chi connectivity index (χ1) is 8.11. The molecule has 0 aliphatic heterocycles. The predicted octanol–water partition coefficient (Wildman–Crippen LogP) is 2.80. The standard InChI is InChI=1S/C12H15F3N2/c13-9-5-8(6-10(14)12(9)15)11(17-16)4-7-2-1-3-7/h5-7,11,17H,1-4,16H2. The first-order valence-electron chi connectivity index (χ1n) is 5.72. The van der Waals surface area contributed by atoms with Crippen molar-refractivity contribution in [1.82, 2.24) is 5.43 Å². The zero-order valence-corrected chi connectivity index (χ0v) is 9.35. The molecule has 0 saturated heterocycles. The van der Waals surface area contributed by atoms with Gasteiger partial charge in [0.2, 0.25) is 0 Å². The van der Waals surface area contributed by atoms with Crippen molar-refractivity contribution in [2.75, 3.05) is 0 Å². The molecule has 1 atom stereocenters. The average Bonchev–Trinajstić information content (AvgIpc) is 2.24. The minimum absolute atomic E-state index is 0.329. The molecule has 1 aliphatic rings. The Morgan fingerprint density at radius 3 is 2.24 bits per heavy atom. The Bertz CT molecular complexity index is 382. The highest BCUT2D eigenvalue weighted by atomic mass is 19.2. The van der Waals surface area contributed by atoms with Gasteiger partial charge in [-0.05, 0) is 30.0 Å². The molecule has 2 nitrogen and oxygen atoms in total. The summed E-state index contributed by atoms with van der Waals surface area (Å²) in [5.41, 5.74) is 2.89. The molecule has 0 amide bonds. The third-order valence-electron chi connectivity index (χ3n) is 3.40. The van der Waals surface area contributed by atoms with Gasteiger partial charge in [-0.1, -0.05) is 19.3 Å². The maximum atomic E-state index is 13.1. The van der Waals surface area contributed by atoms with Crippen LogP contribution in [0, 0.1) is 23.4 Å². The van der Waals surface area contributed by atoms with Crippen molar-refractivity contribution < 1.29 is 13.2 Å². The van der Waals surface area contributed by atoms with Crippen molar-refractivity contribution in [3.05, 3.63) is 35.1 Å². The van der Waals surface area contributed by atoms with E-state index in [1.54, 1.807) is 0 Å². The molecule has 1 saturated carbocycles. The third kappa shape index (κ3) is 2.61. The van der Waals surface area contributed by atoms with Gasteiger partial charge in [0.15, 0.2) is 17.5 Å². The van der Waals surface area contributed by atoms with Crippen molar-refractivity contribution in [3.63, 3.8) is 0 Å². The molecule has 5 heteroatoms. The second-order valence-corrected chi connectivity index (χ2v) is 4.55. The summed E-state index contributed by atoms with van der Waals surface area (Å²) in [4.78, 5) is 0. The molecule has 0 spiro atoms. The normalized spacial score (nSPS) is 17.9. The van der Waals surface area contributed by atoms with Crippen LogP contribution in [-0.2, 0) is 0 Å². The number of nitrogens with two attached hydrogens (primary N) is 1. The summed E-state index contributed by atoms with van der Waals surface area (Å²) in [7, 11) is 0. The summed E-state index contributed by atoms with van der Waals surface area (Å²) in [6, 6.07) is 1.67. The Kier molecular flexibility index (Phi) is 3.69. The Morgan fingerprint density at radius 2 is 1.82 bits per heavy atom. The van der Waals surface area contributed by atoms with Crippen LogP contribution in [0.4, 0.5) is 13.2 Å². The lowest BCUT2D eigenvalue weighted by Gasteiger charge is -2.29. The smallest absolute Gasteiger partial charge is 0.194 e. The number of nitrogens with one attached hydrogen (secondary N) is 1. The largest absolute Gasteiger partial charge is 0.271 e. The molecule has 1 aromatic rings. The van der Waals surface area contributed by atoms with Gasteiger partial charge in [0.1, 0.15) is 0 Å². The summed E-state index contributed by atoms with van der Waals surface area (Å²) in [5.74, 6) is 2.13. The summed E-state index contributed by atoms with van der Waals surface area (Å²) < 4.78 is 39.0. The molecule has 1 aromatic carbocycles. The monoisotopic (exact) mass is 244 g/mol. The molecular formula is C12H15F3N2. The van der Waals surface area contributed by atoms with E-state index in [1.165, 1.54) is 6.42 Å². The zero-order valence-electron chi connectivity index (χ0n) is 9.35. The van der Waals surface area contributed by atoms with E-state index in [0.717, 1.165) is 31.4 Å². The SMILES string of the molecule is NNC(CC1CCC1)c1cc(F)c(F)c(F)c1. The Morgan fingerprint density at radius 1 is 1.24 bits per heavy atom. The third-order valence-corrected chi connectivity index (χ3v) is 3.40. The quantitative estimate of drug-likeness (QED) is 0.485. The van der Waals surface area contributed by atoms with Crippen molar-refractivity contribution in [2.24, 2.45) is 11.8 Å². The lowest BCUT2D eigenvalue weighted by molar-refractivity contribution is 0.261. The number of rotatable bonds is 4. The first-order valence-corrected chi connectivity index (χ1v) is 5.72. The van der Waals surface area contributed by atoms with E-state index in [1.807, 2.05) is 0 Å². The van der Waals surface area contributed by atoms with Crippen LogP contribution < -0.4 is 11.3 Å². The maximum absolute atomic E-state index is 13.1. The lowest BCUT2D eigenvalue weighted by Crippen LogP contribution is -2.31. The van der Waals surface area contributed by atoms with Crippen LogP contribution in [0.3, 0.4) is 0 Å². The van der Waals surface area contributed by atoms with Crippen LogP contribution >= 0.6 is 0 Å². The van der Waals surface area contributed by atoms with Gasteiger partial charge < -0.3 is 0 Å². The van der Waals surface area contributed by atoms with E-state index in [2.05, 4.69) is 5.43 Å². The second-order valence-electron chi connectivity index (χ2n) is 4.55. The minimum Gasteiger partial charge on any atom is -0.271 e. The molecule has 0 bridgehead atoms. The summed E-state index contributed by atoms with van der Waals surface area (Å²) in [6.45, 7) is 0. The number of hydrogen-bond donors (Lipinski definition) is 2. The number of halogens is 3. The fraction of sp³-hybridized carbons (Fsp3) is 0.500. The molecule has 17 heavy (non-hydrogen) atoms. The Labute approximate surface area is 98.0 Å². The van der Waals surface area contributed by atoms with Gasteiger partial charge in [0.25, 0.3) is 0 Å². The van der Waals surface area contributed by atoms with Gasteiger partial charge in [-0.15, -0.1) is 0 Å². The molecule has 0 aromatic heterocycles. The molecule has 1 aliphatic carbocycles. The number of benzene rings is 1. The molecule has 0 radical (unpaired) electrons. The van der Waals surface area contributed by atoms with E-state index < -0.39 is 17.5 Å². The van der Waals surface area contributed by atoms with Crippen molar-refractivity contribution in [1.29, 1.82) is 0 Å². The maximum Gasteiger partial charge on any atom is 0.194 e. The summed E-state index contributed by atoms with van der Waals surface area (Å²) >= 11 is 0. The molecule has 1 unspecified atom stereocenters. The summed E-state index contributed by atoms with van der Waals surface area (Å²) in [5, 5.41) is 0. The number of hydrogen-bond acceptors (Lipinski definition) is 2. The van der Waals surface area contributed by atoms with E-state index in [9.17, 15) is 13.2 Å². The van der Waals surface area contributed by atoms with Gasteiger partial charge >= 0.3 is 0 Å². The van der Waals surface area contributed by atoms with Crippen LogP contribution in [-0.4, -0.2) is 0 Å². The zero-order chi connectivity index (χ0) is 12.4. The van der Waals surface area contributed by atoms with Gasteiger partial charge in [-0.2, -0.15) is 0 Å². The van der Waals surface area contributed by atoms with E-state index in [0.29, 0.717) is 11.5 Å². The Hall–Kier alpha value is -1.07. The molecule has 2 rings (SSSR count). The fourth-order valence-electron chi connectivity index (χ4n) is 2.14. The van der Waals surface area contributed by atoms with Crippen molar-refractivity contribution >= 4 is 0 Å². The lowest BCUT2D eigenvalue weighted by atomic mass is 9.80. The Balaban J connectivity index is 2.17. The molecule has 1 fully saturated rings. The predicted molar refractivity (Wildman–Crippen MR) is 58.3 cm³/mol. The van der Waals surface area contributed by atoms with Gasteiger partial charge in [0, 0.05) is 6.04 Å².